The fourth-order valence-corrected chi connectivity index (χ4v) is 1.80. The van der Waals surface area contributed by atoms with Crippen molar-refractivity contribution in [1.82, 2.24) is 4.90 Å². The van der Waals surface area contributed by atoms with Gasteiger partial charge in [0.15, 0.2) is 0 Å². The number of ether oxygens (including phenoxy) is 1. The molecule has 0 aromatic rings. The summed E-state index contributed by atoms with van der Waals surface area (Å²) in [6, 6.07) is 0. The Balaban J connectivity index is 2.62. The van der Waals surface area contributed by atoms with E-state index in [0.29, 0.717) is 13.1 Å². The second kappa shape index (κ2) is 4.84. The highest BCUT2D eigenvalue weighted by atomic mass is 16.6. The average Bonchev–Trinajstić information content (AvgIpc) is 2.26. The van der Waals surface area contributed by atoms with Gasteiger partial charge in [0.25, 0.3) is 0 Å². The lowest BCUT2D eigenvalue weighted by Crippen LogP contribution is -2.52. The highest BCUT2D eigenvalue weighted by molar-refractivity contribution is 5.87. The molecule has 100 valence electrons. The van der Waals surface area contributed by atoms with E-state index in [9.17, 15) is 9.59 Å². The van der Waals surface area contributed by atoms with Crippen molar-refractivity contribution in [2.75, 3.05) is 13.1 Å². The molecule has 1 heterocycles. The second-order valence-electron chi connectivity index (χ2n) is 5.48. The summed E-state index contributed by atoms with van der Waals surface area (Å²) in [6.07, 6.45) is 0.126. The largest absolute Gasteiger partial charge is 0.444 e. The predicted octanol–water partition coefficient (Wildman–Crippen LogP) is 1.16. The Kier molecular flexibility index (Phi) is 3.85. The average molecular weight is 253 g/mol. The lowest BCUT2D eigenvalue weighted by atomic mass is 9.88. The van der Waals surface area contributed by atoms with Crippen LogP contribution in [0.15, 0.2) is 0 Å². The minimum atomic E-state index is -1.15. The standard InChI is InChI=1S/C12H19N3O3/c1-11(2,3)18-10(17)15-7-5-12(14-4,6-8-15)9(13)16/h5-8H2,1-3H3,(H2,13,16). The molecule has 1 aliphatic heterocycles. The van der Waals surface area contributed by atoms with Crippen molar-refractivity contribution in [3.05, 3.63) is 11.4 Å². The van der Waals surface area contributed by atoms with Gasteiger partial charge >= 0.3 is 17.5 Å². The highest BCUT2D eigenvalue weighted by Crippen LogP contribution is 2.27. The van der Waals surface area contributed by atoms with E-state index in [1.807, 2.05) is 0 Å². The lowest BCUT2D eigenvalue weighted by molar-refractivity contribution is -0.123. The molecular weight excluding hydrogens is 234 g/mol. The molecule has 0 saturated carbocycles. The van der Waals surface area contributed by atoms with Crippen LogP contribution in [0.25, 0.3) is 4.85 Å². The summed E-state index contributed by atoms with van der Waals surface area (Å²) in [7, 11) is 0. The van der Waals surface area contributed by atoms with Crippen molar-refractivity contribution in [3.8, 4) is 0 Å². The van der Waals surface area contributed by atoms with Crippen LogP contribution in [0.1, 0.15) is 33.6 Å². The van der Waals surface area contributed by atoms with E-state index in [1.54, 1.807) is 20.8 Å². The van der Waals surface area contributed by atoms with Gasteiger partial charge in [0.1, 0.15) is 5.60 Å². The number of primary amides is 1. The first-order valence-corrected chi connectivity index (χ1v) is 5.87. The molecule has 0 radical (unpaired) electrons. The molecule has 1 rings (SSSR count). The second-order valence-corrected chi connectivity index (χ2v) is 5.48. The zero-order valence-corrected chi connectivity index (χ0v) is 11.0. The molecule has 6 nitrogen and oxygen atoms in total. The van der Waals surface area contributed by atoms with Gasteiger partial charge in [-0.3, -0.25) is 9.64 Å². The Hall–Kier alpha value is -1.77. The van der Waals surface area contributed by atoms with Crippen LogP contribution in [0.4, 0.5) is 4.79 Å². The van der Waals surface area contributed by atoms with Crippen LogP contribution in [-0.4, -0.2) is 41.1 Å². The normalized spacial score (nSPS) is 18.9. The third-order valence-corrected chi connectivity index (χ3v) is 2.91. The maximum atomic E-state index is 11.8. The first-order chi connectivity index (χ1) is 8.20. The number of nitrogens with zero attached hydrogens (tertiary/aromatic N) is 2. The van der Waals surface area contributed by atoms with Gasteiger partial charge in [-0.15, -0.1) is 0 Å². The summed E-state index contributed by atoms with van der Waals surface area (Å²) >= 11 is 0. The third-order valence-electron chi connectivity index (χ3n) is 2.91. The minimum absolute atomic E-state index is 0.269. The van der Waals surface area contributed by atoms with Crippen LogP contribution in [0.2, 0.25) is 0 Å². The molecule has 0 aromatic carbocycles. The maximum absolute atomic E-state index is 11.8. The Morgan fingerprint density at radius 2 is 1.83 bits per heavy atom. The summed E-state index contributed by atoms with van der Waals surface area (Å²) in [5.74, 6) is -0.610. The van der Waals surface area contributed by atoms with Crippen molar-refractivity contribution >= 4 is 12.0 Å². The van der Waals surface area contributed by atoms with E-state index in [0.717, 1.165) is 0 Å². The molecule has 1 aliphatic rings. The predicted molar refractivity (Wildman–Crippen MR) is 65.6 cm³/mol. The summed E-state index contributed by atoms with van der Waals surface area (Å²) in [6.45, 7) is 13.1. The van der Waals surface area contributed by atoms with Crippen molar-refractivity contribution in [3.63, 3.8) is 0 Å². The molecule has 18 heavy (non-hydrogen) atoms. The zero-order valence-electron chi connectivity index (χ0n) is 11.0. The van der Waals surface area contributed by atoms with Gasteiger partial charge in [-0.25, -0.2) is 11.4 Å². The number of hydrogen-bond acceptors (Lipinski definition) is 3. The Morgan fingerprint density at radius 1 is 1.33 bits per heavy atom. The number of amides is 2. The van der Waals surface area contributed by atoms with Crippen LogP contribution >= 0.6 is 0 Å². The summed E-state index contributed by atoms with van der Waals surface area (Å²) < 4.78 is 5.23. The fraction of sp³-hybridized carbons (Fsp3) is 0.750. The number of piperidine rings is 1. The van der Waals surface area contributed by atoms with Crippen molar-refractivity contribution < 1.29 is 14.3 Å². The first-order valence-electron chi connectivity index (χ1n) is 5.87. The molecule has 0 aliphatic carbocycles. The van der Waals surface area contributed by atoms with Crippen LogP contribution in [0.5, 0.6) is 0 Å². The summed E-state index contributed by atoms with van der Waals surface area (Å²) in [4.78, 5) is 27.9. The quantitative estimate of drug-likeness (QED) is 0.712. The van der Waals surface area contributed by atoms with Gasteiger partial charge in [0.05, 0.1) is 12.8 Å². The molecule has 0 bridgehead atoms. The van der Waals surface area contributed by atoms with Crippen molar-refractivity contribution in [1.29, 1.82) is 0 Å². The van der Waals surface area contributed by atoms with E-state index >= 15 is 0 Å². The maximum Gasteiger partial charge on any atom is 0.410 e. The van der Waals surface area contributed by atoms with Crippen LogP contribution < -0.4 is 5.73 Å². The van der Waals surface area contributed by atoms with Gasteiger partial charge in [-0.2, -0.15) is 0 Å². The van der Waals surface area contributed by atoms with Crippen LogP contribution in [0, 0.1) is 6.57 Å². The molecule has 0 unspecified atom stereocenters. The van der Waals surface area contributed by atoms with E-state index in [4.69, 9.17) is 17.0 Å². The fourth-order valence-electron chi connectivity index (χ4n) is 1.80. The SMILES string of the molecule is [C-]#[N+]C1(C(N)=O)CCN(C(=O)OC(C)(C)C)CC1. The minimum Gasteiger partial charge on any atom is -0.444 e. The Morgan fingerprint density at radius 3 is 2.17 bits per heavy atom. The molecular formula is C12H19N3O3. The molecule has 0 spiro atoms. The van der Waals surface area contributed by atoms with Gasteiger partial charge in [0.2, 0.25) is 0 Å². The monoisotopic (exact) mass is 253 g/mol. The van der Waals surface area contributed by atoms with Crippen molar-refractivity contribution in [2.24, 2.45) is 5.73 Å². The highest BCUT2D eigenvalue weighted by Gasteiger charge is 2.47. The van der Waals surface area contributed by atoms with E-state index in [-0.39, 0.29) is 12.8 Å². The van der Waals surface area contributed by atoms with E-state index < -0.39 is 23.1 Å². The summed E-state index contributed by atoms with van der Waals surface area (Å²) in [5.41, 5.74) is 3.55. The van der Waals surface area contributed by atoms with E-state index in [1.165, 1.54) is 4.90 Å². The third kappa shape index (κ3) is 3.13. The zero-order chi connectivity index (χ0) is 14.0. The smallest absolute Gasteiger partial charge is 0.410 e. The lowest BCUT2D eigenvalue weighted by Gasteiger charge is -2.33. The topological polar surface area (TPSA) is 77.0 Å². The molecule has 0 aromatic heterocycles. The number of carbonyl (C=O) groups excluding carboxylic acids is 2. The number of nitrogens with two attached hydrogens (primary N) is 1. The van der Waals surface area contributed by atoms with E-state index in [2.05, 4.69) is 4.85 Å². The number of rotatable bonds is 1. The molecule has 6 heteroatoms. The number of carbonyl (C=O) groups is 2. The van der Waals surface area contributed by atoms with Crippen molar-refractivity contribution in [2.45, 2.75) is 44.8 Å². The molecule has 1 fully saturated rings. The number of likely N-dealkylation sites (tertiary alicyclic amines) is 1. The Bertz CT molecular complexity index is 384. The molecule has 2 amide bonds. The molecule has 0 atom stereocenters. The molecule has 2 N–H and O–H groups in total. The summed E-state index contributed by atoms with van der Waals surface area (Å²) in [5, 5.41) is 0. The van der Waals surface area contributed by atoms with Crippen LogP contribution in [-0.2, 0) is 9.53 Å². The van der Waals surface area contributed by atoms with Gasteiger partial charge in [-0.05, 0) is 20.8 Å². The first kappa shape index (κ1) is 14.3. The van der Waals surface area contributed by atoms with Gasteiger partial charge in [-0.1, -0.05) is 0 Å². The number of hydrogen-bond donors (Lipinski definition) is 1. The molecule has 1 saturated heterocycles. The van der Waals surface area contributed by atoms with Crippen LogP contribution in [0.3, 0.4) is 0 Å². The Labute approximate surface area is 107 Å². The van der Waals surface area contributed by atoms with Gasteiger partial charge < -0.3 is 15.4 Å². The van der Waals surface area contributed by atoms with Gasteiger partial charge in [0, 0.05) is 13.1 Å².